The summed E-state index contributed by atoms with van der Waals surface area (Å²) in [6, 6.07) is 9.32. The number of aliphatic hydroxyl groups is 1. The lowest BCUT2D eigenvalue weighted by atomic mass is 10.1. The fraction of sp³-hybridized carbons (Fsp3) is 0.100. The van der Waals surface area contributed by atoms with Crippen LogP contribution in [0.15, 0.2) is 41.1 Å². The molecule has 13 heavy (non-hydrogen) atoms. The lowest BCUT2D eigenvalue weighted by molar-refractivity contribution is 0.282. The SMILES string of the molecule is OCc1cccc(-c2ccno2)c1. The van der Waals surface area contributed by atoms with Crippen LogP contribution < -0.4 is 0 Å². The summed E-state index contributed by atoms with van der Waals surface area (Å²) in [4.78, 5) is 0. The van der Waals surface area contributed by atoms with Crippen LogP contribution in [0.25, 0.3) is 11.3 Å². The molecule has 0 aliphatic carbocycles. The van der Waals surface area contributed by atoms with Crippen molar-refractivity contribution in [1.29, 1.82) is 0 Å². The number of hydrogen-bond donors (Lipinski definition) is 1. The number of rotatable bonds is 2. The van der Waals surface area contributed by atoms with Crippen molar-refractivity contribution in [3.05, 3.63) is 42.1 Å². The van der Waals surface area contributed by atoms with Crippen molar-refractivity contribution < 1.29 is 9.63 Å². The average molecular weight is 175 g/mol. The Morgan fingerprint density at radius 2 is 2.23 bits per heavy atom. The van der Waals surface area contributed by atoms with Gasteiger partial charge in [0.05, 0.1) is 12.8 Å². The minimum absolute atomic E-state index is 0.0436. The molecule has 0 bridgehead atoms. The van der Waals surface area contributed by atoms with E-state index in [0.29, 0.717) is 0 Å². The molecule has 66 valence electrons. The second-order valence-electron chi connectivity index (χ2n) is 2.74. The summed E-state index contributed by atoms with van der Waals surface area (Å²) in [6.07, 6.45) is 1.60. The van der Waals surface area contributed by atoms with Gasteiger partial charge in [0.2, 0.25) is 0 Å². The van der Waals surface area contributed by atoms with Crippen LogP contribution in [0.3, 0.4) is 0 Å². The summed E-state index contributed by atoms with van der Waals surface area (Å²) < 4.78 is 4.99. The third-order valence-corrected chi connectivity index (χ3v) is 1.83. The van der Waals surface area contributed by atoms with E-state index in [0.717, 1.165) is 16.9 Å². The second kappa shape index (κ2) is 3.41. The topological polar surface area (TPSA) is 46.3 Å². The van der Waals surface area contributed by atoms with Crippen LogP contribution in [0.1, 0.15) is 5.56 Å². The van der Waals surface area contributed by atoms with Crippen LogP contribution in [-0.2, 0) is 6.61 Å². The van der Waals surface area contributed by atoms with Crippen molar-refractivity contribution >= 4 is 0 Å². The van der Waals surface area contributed by atoms with Gasteiger partial charge in [0.25, 0.3) is 0 Å². The molecule has 2 rings (SSSR count). The minimum Gasteiger partial charge on any atom is -0.392 e. The number of benzene rings is 1. The highest BCUT2D eigenvalue weighted by Gasteiger charge is 2.01. The van der Waals surface area contributed by atoms with Gasteiger partial charge in [-0.2, -0.15) is 0 Å². The maximum Gasteiger partial charge on any atom is 0.166 e. The van der Waals surface area contributed by atoms with Crippen molar-refractivity contribution in [2.75, 3.05) is 0 Å². The molecular formula is C10H9NO2. The average Bonchev–Trinajstić information content (AvgIpc) is 2.71. The van der Waals surface area contributed by atoms with E-state index in [2.05, 4.69) is 5.16 Å². The van der Waals surface area contributed by atoms with E-state index in [1.54, 1.807) is 12.3 Å². The molecular weight excluding hydrogens is 166 g/mol. The summed E-state index contributed by atoms with van der Waals surface area (Å²) in [5.41, 5.74) is 1.80. The molecule has 0 saturated heterocycles. The minimum atomic E-state index is 0.0436. The number of nitrogens with zero attached hydrogens (tertiary/aromatic N) is 1. The van der Waals surface area contributed by atoms with Crippen LogP contribution in [0.2, 0.25) is 0 Å². The Bertz CT molecular complexity index is 382. The molecule has 0 spiro atoms. The van der Waals surface area contributed by atoms with Crippen molar-refractivity contribution in [1.82, 2.24) is 5.16 Å². The first-order valence-electron chi connectivity index (χ1n) is 4.01. The van der Waals surface area contributed by atoms with Gasteiger partial charge in [0.15, 0.2) is 5.76 Å². The largest absolute Gasteiger partial charge is 0.392 e. The molecule has 1 aromatic carbocycles. The fourth-order valence-electron chi connectivity index (χ4n) is 1.19. The molecule has 1 aromatic heterocycles. The maximum absolute atomic E-state index is 8.91. The number of hydrogen-bond acceptors (Lipinski definition) is 3. The van der Waals surface area contributed by atoms with Gasteiger partial charge in [-0.05, 0) is 11.6 Å². The van der Waals surface area contributed by atoms with Gasteiger partial charge in [-0.25, -0.2) is 0 Å². The van der Waals surface area contributed by atoms with E-state index < -0.39 is 0 Å². The van der Waals surface area contributed by atoms with E-state index in [1.807, 2.05) is 24.3 Å². The summed E-state index contributed by atoms with van der Waals surface area (Å²) >= 11 is 0. The monoisotopic (exact) mass is 175 g/mol. The van der Waals surface area contributed by atoms with Gasteiger partial charge in [-0.1, -0.05) is 23.4 Å². The molecule has 0 unspecified atom stereocenters. The standard InChI is InChI=1S/C10H9NO2/c12-7-8-2-1-3-9(6-8)10-4-5-11-13-10/h1-6,12H,7H2. The van der Waals surface area contributed by atoms with Crippen molar-refractivity contribution in [2.24, 2.45) is 0 Å². The van der Waals surface area contributed by atoms with Crippen LogP contribution >= 0.6 is 0 Å². The summed E-state index contributed by atoms with van der Waals surface area (Å²) in [6.45, 7) is 0.0436. The third kappa shape index (κ3) is 1.60. The zero-order valence-electron chi connectivity index (χ0n) is 6.97. The van der Waals surface area contributed by atoms with Gasteiger partial charge in [-0.15, -0.1) is 0 Å². The van der Waals surface area contributed by atoms with Crippen LogP contribution in [-0.4, -0.2) is 10.3 Å². The molecule has 3 heteroatoms. The summed E-state index contributed by atoms with van der Waals surface area (Å²) in [5.74, 6) is 0.718. The highest BCUT2D eigenvalue weighted by Crippen LogP contribution is 2.19. The van der Waals surface area contributed by atoms with Crippen LogP contribution in [0.5, 0.6) is 0 Å². The van der Waals surface area contributed by atoms with E-state index >= 15 is 0 Å². The van der Waals surface area contributed by atoms with E-state index in [-0.39, 0.29) is 6.61 Å². The Morgan fingerprint density at radius 1 is 1.31 bits per heavy atom. The van der Waals surface area contributed by atoms with Gasteiger partial charge in [0.1, 0.15) is 0 Å². The van der Waals surface area contributed by atoms with E-state index in [9.17, 15) is 0 Å². The predicted molar refractivity (Wildman–Crippen MR) is 47.9 cm³/mol. The van der Waals surface area contributed by atoms with Gasteiger partial charge >= 0.3 is 0 Å². The molecule has 0 amide bonds. The normalized spacial score (nSPS) is 10.2. The fourth-order valence-corrected chi connectivity index (χ4v) is 1.19. The Balaban J connectivity index is 2.41. The smallest absolute Gasteiger partial charge is 0.166 e. The lowest BCUT2D eigenvalue weighted by Gasteiger charge is -1.98. The molecule has 0 atom stereocenters. The summed E-state index contributed by atoms with van der Waals surface area (Å²) in [7, 11) is 0. The van der Waals surface area contributed by atoms with Gasteiger partial charge in [-0.3, -0.25) is 0 Å². The Kier molecular flexibility index (Phi) is 2.10. The molecule has 0 saturated carbocycles. The predicted octanol–water partition coefficient (Wildman–Crippen LogP) is 1.83. The highest BCUT2D eigenvalue weighted by molar-refractivity contribution is 5.57. The maximum atomic E-state index is 8.91. The molecule has 0 aliphatic rings. The molecule has 3 nitrogen and oxygen atoms in total. The zero-order chi connectivity index (χ0) is 9.10. The third-order valence-electron chi connectivity index (χ3n) is 1.83. The Labute approximate surface area is 75.6 Å². The Hall–Kier alpha value is -1.61. The van der Waals surface area contributed by atoms with Crippen LogP contribution in [0.4, 0.5) is 0 Å². The van der Waals surface area contributed by atoms with Crippen molar-refractivity contribution in [3.8, 4) is 11.3 Å². The number of aliphatic hydroxyl groups excluding tert-OH is 1. The Morgan fingerprint density at radius 3 is 2.92 bits per heavy atom. The first-order valence-corrected chi connectivity index (χ1v) is 4.01. The molecule has 0 fully saturated rings. The van der Waals surface area contributed by atoms with E-state index in [4.69, 9.17) is 9.63 Å². The van der Waals surface area contributed by atoms with Gasteiger partial charge in [0, 0.05) is 11.6 Å². The van der Waals surface area contributed by atoms with Crippen LogP contribution in [0, 0.1) is 0 Å². The molecule has 1 N–H and O–H groups in total. The van der Waals surface area contributed by atoms with Gasteiger partial charge < -0.3 is 9.63 Å². The van der Waals surface area contributed by atoms with Crippen molar-refractivity contribution in [3.63, 3.8) is 0 Å². The molecule has 2 aromatic rings. The number of aromatic nitrogens is 1. The van der Waals surface area contributed by atoms with E-state index in [1.165, 1.54) is 0 Å². The zero-order valence-corrected chi connectivity index (χ0v) is 6.97. The molecule has 1 heterocycles. The first-order chi connectivity index (χ1) is 6.40. The van der Waals surface area contributed by atoms with Crippen molar-refractivity contribution in [2.45, 2.75) is 6.61 Å². The highest BCUT2D eigenvalue weighted by atomic mass is 16.5. The first kappa shape index (κ1) is 8.01. The molecule has 0 radical (unpaired) electrons. The second-order valence-corrected chi connectivity index (χ2v) is 2.74. The molecule has 0 aliphatic heterocycles. The summed E-state index contributed by atoms with van der Waals surface area (Å²) in [5, 5.41) is 12.5. The quantitative estimate of drug-likeness (QED) is 0.757. The lowest BCUT2D eigenvalue weighted by Crippen LogP contribution is -1.82.